The van der Waals surface area contributed by atoms with Gasteiger partial charge in [0.2, 0.25) is 11.8 Å². The number of aromatic nitrogens is 1. The molecule has 0 spiro atoms. The summed E-state index contributed by atoms with van der Waals surface area (Å²) >= 11 is 0. The van der Waals surface area contributed by atoms with Gasteiger partial charge < -0.3 is 14.4 Å². The molecule has 1 aromatic rings. The van der Waals surface area contributed by atoms with E-state index >= 15 is 0 Å². The number of hydrogen-bond donors (Lipinski definition) is 0. The number of hydrogen-bond acceptors (Lipinski definition) is 2. The van der Waals surface area contributed by atoms with Crippen molar-refractivity contribution in [3.63, 3.8) is 0 Å². The van der Waals surface area contributed by atoms with E-state index in [1.165, 1.54) is 6.42 Å². The molecule has 3 aliphatic heterocycles. The summed E-state index contributed by atoms with van der Waals surface area (Å²) in [6, 6.07) is 4.14. The number of amides is 2. The van der Waals surface area contributed by atoms with Gasteiger partial charge >= 0.3 is 0 Å². The molecule has 4 heterocycles. The molecule has 2 bridgehead atoms. The zero-order valence-electron chi connectivity index (χ0n) is 13.7. The number of fused-ring (bicyclic) bond motifs is 4. The van der Waals surface area contributed by atoms with Gasteiger partial charge in [0, 0.05) is 44.5 Å². The van der Waals surface area contributed by atoms with Gasteiger partial charge in [0.15, 0.2) is 0 Å². The van der Waals surface area contributed by atoms with E-state index in [1.807, 2.05) is 36.0 Å². The van der Waals surface area contributed by atoms with Gasteiger partial charge in [-0.15, -0.1) is 0 Å². The lowest BCUT2D eigenvalue weighted by Crippen LogP contribution is -2.61. The molecule has 2 amide bonds. The second-order valence-corrected chi connectivity index (χ2v) is 7.42. The minimum atomic E-state index is -0.145. The molecule has 3 fully saturated rings. The number of rotatable bonds is 2. The molecule has 0 unspecified atom stereocenters. The van der Waals surface area contributed by atoms with Crippen molar-refractivity contribution < 1.29 is 9.59 Å². The third-order valence-electron chi connectivity index (χ3n) is 5.92. The summed E-state index contributed by atoms with van der Waals surface area (Å²) < 4.78 is 1.98. The second kappa shape index (κ2) is 5.69. The van der Waals surface area contributed by atoms with Crippen molar-refractivity contribution >= 4 is 11.8 Å². The first kappa shape index (κ1) is 14.8. The van der Waals surface area contributed by atoms with E-state index in [1.54, 1.807) is 0 Å². The highest BCUT2D eigenvalue weighted by atomic mass is 16.2. The van der Waals surface area contributed by atoms with Gasteiger partial charge in [-0.25, -0.2) is 0 Å². The van der Waals surface area contributed by atoms with Crippen LogP contribution in [0, 0.1) is 11.8 Å². The molecule has 5 heteroatoms. The second-order valence-electron chi connectivity index (χ2n) is 7.42. The van der Waals surface area contributed by atoms with E-state index in [0.717, 1.165) is 32.5 Å². The van der Waals surface area contributed by atoms with E-state index in [9.17, 15) is 9.59 Å². The molecule has 1 aromatic heterocycles. The minimum absolute atomic E-state index is 0.145. The molecule has 0 radical (unpaired) electrons. The molecule has 5 nitrogen and oxygen atoms in total. The van der Waals surface area contributed by atoms with Gasteiger partial charge in [-0.05, 0) is 50.2 Å². The molecule has 0 aromatic carbocycles. The van der Waals surface area contributed by atoms with Gasteiger partial charge in [0.1, 0.15) is 6.04 Å². The monoisotopic (exact) mass is 315 g/mol. The van der Waals surface area contributed by atoms with Crippen LogP contribution in [0.25, 0.3) is 0 Å². The number of piperidine rings is 3. The topological polar surface area (TPSA) is 45.6 Å². The Kier molecular flexibility index (Phi) is 3.66. The summed E-state index contributed by atoms with van der Waals surface area (Å²) in [5.74, 6) is 1.46. The number of likely N-dealkylation sites (tertiary alicyclic amines) is 1. The fourth-order valence-corrected chi connectivity index (χ4v) is 4.79. The number of carbonyl (C=O) groups excluding carboxylic acids is 2. The van der Waals surface area contributed by atoms with E-state index in [-0.39, 0.29) is 11.9 Å². The van der Waals surface area contributed by atoms with Crippen LogP contribution in [0.4, 0.5) is 0 Å². The Morgan fingerprint density at radius 3 is 2.78 bits per heavy atom. The summed E-state index contributed by atoms with van der Waals surface area (Å²) in [6.07, 6.45) is 7.91. The van der Waals surface area contributed by atoms with E-state index in [4.69, 9.17) is 0 Å². The summed E-state index contributed by atoms with van der Waals surface area (Å²) in [4.78, 5) is 29.2. The van der Waals surface area contributed by atoms with Gasteiger partial charge in [0.25, 0.3) is 0 Å². The molecular weight excluding hydrogens is 290 g/mol. The maximum Gasteiger partial charge on any atom is 0.245 e. The summed E-state index contributed by atoms with van der Waals surface area (Å²) in [7, 11) is 0. The van der Waals surface area contributed by atoms with Gasteiger partial charge in [0.05, 0.1) is 0 Å². The predicted molar refractivity (Wildman–Crippen MR) is 86.7 cm³/mol. The SMILES string of the molecule is C[C@@H](C(=O)N1C[C@H]2C[C@@H](C1)[C@@H]1CCCC(=O)N1C2)n1cccc1. The Labute approximate surface area is 137 Å². The van der Waals surface area contributed by atoms with Crippen LogP contribution >= 0.6 is 0 Å². The third kappa shape index (κ3) is 2.56. The van der Waals surface area contributed by atoms with Crippen molar-refractivity contribution in [2.24, 2.45) is 11.8 Å². The summed E-state index contributed by atoms with van der Waals surface area (Å²) in [5.41, 5.74) is 0. The van der Waals surface area contributed by atoms with Crippen LogP contribution in [-0.4, -0.2) is 51.9 Å². The van der Waals surface area contributed by atoms with Crippen LogP contribution < -0.4 is 0 Å². The van der Waals surface area contributed by atoms with Crippen molar-refractivity contribution in [2.75, 3.05) is 19.6 Å². The highest BCUT2D eigenvalue weighted by molar-refractivity contribution is 5.80. The first-order valence-corrected chi connectivity index (χ1v) is 8.84. The molecular formula is C18H25N3O2. The number of carbonyl (C=O) groups is 2. The van der Waals surface area contributed by atoms with Crippen LogP contribution in [0.1, 0.15) is 38.6 Å². The van der Waals surface area contributed by atoms with Crippen LogP contribution in [0.5, 0.6) is 0 Å². The summed E-state index contributed by atoms with van der Waals surface area (Å²) in [6.45, 7) is 4.44. The van der Waals surface area contributed by atoms with Crippen LogP contribution in [-0.2, 0) is 9.59 Å². The van der Waals surface area contributed by atoms with Crippen LogP contribution in [0.2, 0.25) is 0 Å². The normalized spacial score (nSPS) is 31.7. The van der Waals surface area contributed by atoms with Crippen LogP contribution in [0.3, 0.4) is 0 Å². The zero-order chi connectivity index (χ0) is 16.0. The Bertz CT molecular complexity index is 597. The molecule has 4 atom stereocenters. The van der Waals surface area contributed by atoms with Gasteiger partial charge in [-0.2, -0.15) is 0 Å². The first-order chi connectivity index (χ1) is 11.1. The molecule has 0 N–H and O–H groups in total. The Morgan fingerprint density at radius 1 is 1.22 bits per heavy atom. The van der Waals surface area contributed by atoms with E-state index < -0.39 is 0 Å². The smallest absolute Gasteiger partial charge is 0.245 e. The number of nitrogens with zero attached hydrogens (tertiary/aromatic N) is 3. The maximum absolute atomic E-state index is 12.9. The van der Waals surface area contributed by atoms with Crippen molar-refractivity contribution in [3.8, 4) is 0 Å². The molecule has 4 rings (SSSR count). The Hall–Kier alpha value is -1.78. The Balaban J connectivity index is 1.49. The lowest BCUT2D eigenvalue weighted by Gasteiger charge is -2.52. The average Bonchev–Trinajstić information content (AvgIpc) is 3.09. The molecule has 23 heavy (non-hydrogen) atoms. The molecule has 0 aliphatic carbocycles. The van der Waals surface area contributed by atoms with Crippen LogP contribution in [0.15, 0.2) is 24.5 Å². The fourth-order valence-electron chi connectivity index (χ4n) is 4.79. The zero-order valence-corrected chi connectivity index (χ0v) is 13.7. The van der Waals surface area contributed by atoms with Gasteiger partial charge in [-0.3, -0.25) is 9.59 Å². The molecule has 3 saturated heterocycles. The largest absolute Gasteiger partial charge is 0.342 e. The van der Waals surface area contributed by atoms with Gasteiger partial charge in [-0.1, -0.05) is 0 Å². The lowest BCUT2D eigenvalue weighted by atomic mass is 9.76. The quantitative estimate of drug-likeness (QED) is 0.837. The summed E-state index contributed by atoms with van der Waals surface area (Å²) in [5, 5.41) is 0. The molecule has 3 aliphatic rings. The first-order valence-electron chi connectivity index (χ1n) is 8.84. The predicted octanol–water partition coefficient (Wildman–Crippen LogP) is 1.91. The van der Waals surface area contributed by atoms with Crippen molar-refractivity contribution in [1.29, 1.82) is 0 Å². The van der Waals surface area contributed by atoms with E-state index in [0.29, 0.717) is 30.2 Å². The molecule has 0 saturated carbocycles. The third-order valence-corrected chi connectivity index (χ3v) is 5.92. The maximum atomic E-state index is 12.9. The van der Waals surface area contributed by atoms with Crippen molar-refractivity contribution in [3.05, 3.63) is 24.5 Å². The average molecular weight is 315 g/mol. The lowest BCUT2D eigenvalue weighted by molar-refractivity contribution is -0.149. The highest BCUT2D eigenvalue weighted by Gasteiger charge is 2.45. The van der Waals surface area contributed by atoms with Crippen molar-refractivity contribution in [2.45, 2.75) is 44.7 Å². The van der Waals surface area contributed by atoms with Crippen molar-refractivity contribution in [1.82, 2.24) is 14.4 Å². The molecule has 124 valence electrons. The minimum Gasteiger partial charge on any atom is -0.342 e. The fraction of sp³-hybridized carbons (Fsp3) is 0.667. The standard InChI is InChI=1S/C18H25N3O2/c1-13(19-7-2-3-8-19)18(23)20-10-14-9-15(12-20)16-5-4-6-17(22)21(16)11-14/h2-3,7-8,13-16H,4-6,9-12H2,1H3/t13-,14+,15-,16-/m0/s1. The Morgan fingerprint density at radius 2 is 2.00 bits per heavy atom. The highest BCUT2D eigenvalue weighted by Crippen LogP contribution is 2.38. The van der Waals surface area contributed by atoms with E-state index in [2.05, 4.69) is 9.80 Å².